The minimum absolute atomic E-state index is 0.0156. The highest BCUT2D eigenvalue weighted by molar-refractivity contribution is 7.21. The van der Waals surface area contributed by atoms with E-state index in [4.69, 9.17) is 4.98 Å². The van der Waals surface area contributed by atoms with Gasteiger partial charge in [0, 0.05) is 22.9 Å². The number of benzene rings is 3. The van der Waals surface area contributed by atoms with E-state index in [1.165, 1.54) is 15.8 Å². The van der Waals surface area contributed by atoms with Crippen LogP contribution < -0.4 is 10.6 Å². The molecule has 0 saturated carbocycles. The number of rotatable bonds is 6. The van der Waals surface area contributed by atoms with Gasteiger partial charge in [0.15, 0.2) is 0 Å². The first-order chi connectivity index (χ1) is 17.8. The summed E-state index contributed by atoms with van der Waals surface area (Å²) in [5, 5.41) is 7.06. The van der Waals surface area contributed by atoms with Gasteiger partial charge >= 0.3 is 0 Å². The number of fused-ring (bicyclic) bond motifs is 1. The van der Waals surface area contributed by atoms with Crippen molar-refractivity contribution in [3.05, 3.63) is 77.4 Å². The largest absolute Gasteiger partial charge is 0.326 e. The van der Waals surface area contributed by atoms with E-state index in [2.05, 4.69) is 46.7 Å². The molecule has 1 saturated heterocycles. The Morgan fingerprint density at radius 3 is 2.35 bits per heavy atom. The van der Waals surface area contributed by atoms with Crippen molar-refractivity contribution in [3.63, 3.8) is 0 Å². The topological polar surface area (TPSA) is 74.3 Å². The minimum atomic E-state index is -0.0502. The third-order valence-corrected chi connectivity index (χ3v) is 7.99. The highest BCUT2D eigenvalue weighted by Gasteiger charge is 2.26. The SMILES string of the molecule is Cc1ccc(NC(=O)CN2CCC(C(=O)Nc3ccc(-c4nc5ccc(C)cc5s4)cc3)CC2)c(C)c1. The van der Waals surface area contributed by atoms with Crippen molar-refractivity contribution in [3.8, 4) is 10.6 Å². The number of likely N-dealkylation sites (tertiary alicyclic amines) is 1. The van der Waals surface area contributed by atoms with Gasteiger partial charge in [-0.3, -0.25) is 14.5 Å². The highest BCUT2D eigenvalue weighted by Crippen LogP contribution is 2.31. The van der Waals surface area contributed by atoms with Gasteiger partial charge in [-0.2, -0.15) is 0 Å². The fourth-order valence-electron chi connectivity index (χ4n) is 4.80. The number of carbonyl (C=O) groups excluding carboxylic acids is 2. The number of thiazole rings is 1. The Morgan fingerprint density at radius 1 is 0.919 bits per heavy atom. The lowest BCUT2D eigenvalue weighted by molar-refractivity contribution is -0.121. The molecule has 2 heterocycles. The van der Waals surface area contributed by atoms with Gasteiger partial charge < -0.3 is 10.6 Å². The summed E-state index contributed by atoms with van der Waals surface area (Å²) >= 11 is 1.68. The van der Waals surface area contributed by atoms with Crippen LogP contribution in [0.3, 0.4) is 0 Å². The number of amides is 2. The molecule has 0 spiro atoms. The van der Waals surface area contributed by atoms with Gasteiger partial charge in [-0.05, 0) is 100 Å². The first kappa shape index (κ1) is 25.1. The Hall–Kier alpha value is -3.55. The second-order valence-corrected chi connectivity index (χ2v) is 11.0. The monoisotopic (exact) mass is 512 g/mol. The Balaban J connectivity index is 1.11. The van der Waals surface area contributed by atoms with Crippen LogP contribution in [0.5, 0.6) is 0 Å². The van der Waals surface area contributed by atoms with Crippen molar-refractivity contribution < 1.29 is 9.59 Å². The van der Waals surface area contributed by atoms with Gasteiger partial charge in [-0.1, -0.05) is 23.8 Å². The molecule has 2 amide bonds. The fourth-order valence-corrected chi connectivity index (χ4v) is 5.87. The van der Waals surface area contributed by atoms with Crippen LogP contribution in [0.25, 0.3) is 20.8 Å². The number of hydrogen-bond donors (Lipinski definition) is 2. The van der Waals surface area contributed by atoms with Crippen molar-refractivity contribution >= 4 is 44.7 Å². The third-order valence-electron chi connectivity index (χ3n) is 6.92. The predicted octanol–water partition coefficient (Wildman–Crippen LogP) is 6.18. The molecule has 4 aromatic rings. The van der Waals surface area contributed by atoms with E-state index in [0.29, 0.717) is 6.54 Å². The predicted molar refractivity (Wildman–Crippen MR) is 152 cm³/mol. The van der Waals surface area contributed by atoms with E-state index >= 15 is 0 Å². The van der Waals surface area contributed by atoms with E-state index in [-0.39, 0.29) is 17.7 Å². The van der Waals surface area contributed by atoms with Crippen molar-refractivity contribution in [2.24, 2.45) is 5.92 Å². The summed E-state index contributed by atoms with van der Waals surface area (Å²) in [7, 11) is 0. The maximum atomic E-state index is 12.9. The molecule has 190 valence electrons. The summed E-state index contributed by atoms with van der Waals surface area (Å²) in [5.41, 5.74) is 7.17. The zero-order chi connectivity index (χ0) is 25.9. The maximum Gasteiger partial charge on any atom is 0.238 e. The van der Waals surface area contributed by atoms with E-state index in [1.54, 1.807) is 11.3 Å². The van der Waals surface area contributed by atoms with Crippen LogP contribution in [0.15, 0.2) is 60.7 Å². The van der Waals surface area contributed by atoms with Crippen LogP contribution in [0, 0.1) is 26.7 Å². The number of hydrogen-bond acceptors (Lipinski definition) is 5. The van der Waals surface area contributed by atoms with Crippen LogP contribution in [0.4, 0.5) is 11.4 Å². The van der Waals surface area contributed by atoms with Crippen LogP contribution >= 0.6 is 11.3 Å². The molecule has 0 unspecified atom stereocenters. The van der Waals surface area contributed by atoms with Gasteiger partial charge in [0.25, 0.3) is 0 Å². The summed E-state index contributed by atoms with van der Waals surface area (Å²) in [6, 6.07) is 20.2. The Bertz CT molecular complexity index is 1440. The van der Waals surface area contributed by atoms with Gasteiger partial charge in [0.05, 0.1) is 16.8 Å². The number of nitrogens with zero attached hydrogens (tertiary/aromatic N) is 2. The van der Waals surface area contributed by atoms with Gasteiger partial charge in [-0.15, -0.1) is 11.3 Å². The quantitative estimate of drug-likeness (QED) is 0.324. The van der Waals surface area contributed by atoms with Crippen molar-refractivity contribution in [2.45, 2.75) is 33.6 Å². The summed E-state index contributed by atoms with van der Waals surface area (Å²) in [6.45, 7) is 7.93. The number of carbonyl (C=O) groups is 2. The average Bonchev–Trinajstić information content (AvgIpc) is 3.30. The molecule has 1 aromatic heterocycles. The van der Waals surface area contributed by atoms with Crippen molar-refractivity contribution in [1.82, 2.24) is 9.88 Å². The van der Waals surface area contributed by atoms with Crippen LogP contribution in [-0.2, 0) is 9.59 Å². The second-order valence-electron chi connectivity index (χ2n) is 9.97. The summed E-state index contributed by atoms with van der Waals surface area (Å²) < 4.78 is 1.18. The lowest BCUT2D eigenvalue weighted by Gasteiger charge is -2.30. The molecule has 0 aliphatic carbocycles. The van der Waals surface area contributed by atoms with E-state index in [1.807, 2.05) is 50.2 Å². The number of piperidine rings is 1. The molecule has 1 aliphatic heterocycles. The smallest absolute Gasteiger partial charge is 0.238 e. The lowest BCUT2D eigenvalue weighted by atomic mass is 9.95. The normalized spacial score (nSPS) is 14.6. The molecular weight excluding hydrogens is 480 g/mol. The van der Waals surface area contributed by atoms with Crippen LogP contribution in [0.2, 0.25) is 0 Å². The molecule has 3 aromatic carbocycles. The molecule has 2 N–H and O–H groups in total. The van der Waals surface area contributed by atoms with E-state index < -0.39 is 0 Å². The van der Waals surface area contributed by atoms with E-state index in [9.17, 15) is 9.59 Å². The average molecular weight is 513 g/mol. The van der Waals surface area contributed by atoms with Gasteiger partial charge in [0.1, 0.15) is 5.01 Å². The fraction of sp³-hybridized carbons (Fsp3) is 0.300. The Labute approximate surface area is 221 Å². The first-order valence-electron chi connectivity index (χ1n) is 12.7. The molecule has 1 fully saturated rings. The van der Waals surface area contributed by atoms with Crippen molar-refractivity contribution in [1.29, 1.82) is 0 Å². The Morgan fingerprint density at radius 2 is 1.62 bits per heavy atom. The van der Waals surface area contributed by atoms with E-state index in [0.717, 1.165) is 59.0 Å². The highest BCUT2D eigenvalue weighted by atomic mass is 32.1. The minimum Gasteiger partial charge on any atom is -0.326 e. The molecule has 0 atom stereocenters. The standard InChI is InChI=1S/C30H32N4O2S/c1-19-4-10-25(21(3)16-19)32-28(35)18-34-14-12-22(13-15-34)29(36)31-24-8-6-23(7-9-24)30-33-26-11-5-20(2)17-27(26)37-30/h4-11,16-17,22H,12-15,18H2,1-3H3,(H,31,36)(H,32,35). The molecular formula is C30H32N4O2S. The molecule has 0 bridgehead atoms. The molecule has 7 heteroatoms. The lowest BCUT2D eigenvalue weighted by Crippen LogP contribution is -2.41. The molecule has 6 nitrogen and oxygen atoms in total. The molecule has 37 heavy (non-hydrogen) atoms. The number of aromatic nitrogens is 1. The number of aryl methyl sites for hydroxylation is 3. The molecule has 1 aliphatic rings. The molecule has 5 rings (SSSR count). The summed E-state index contributed by atoms with van der Waals surface area (Å²) in [5.74, 6) is -0.0216. The Kier molecular flexibility index (Phi) is 7.35. The maximum absolute atomic E-state index is 12.9. The van der Waals surface area contributed by atoms with Crippen LogP contribution in [0.1, 0.15) is 29.5 Å². The summed E-state index contributed by atoms with van der Waals surface area (Å²) in [4.78, 5) is 32.3. The van der Waals surface area contributed by atoms with Gasteiger partial charge in [0.2, 0.25) is 11.8 Å². The number of nitrogens with one attached hydrogen (secondary N) is 2. The van der Waals surface area contributed by atoms with Crippen molar-refractivity contribution in [2.75, 3.05) is 30.3 Å². The zero-order valence-corrected chi connectivity index (χ0v) is 22.3. The third kappa shape index (κ3) is 6.06. The summed E-state index contributed by atoms with van der Waals surface area (Å²) in [6.07, 6.45) is 1.48. The number of anilines is 2. The molecule has 0 radical (unpaired) electrons. The van der Waals surface area contributed by atoms with Gasteiger partial charge in [-0.25, -0.2) is 4.98 Å². The zero-order valence-electron chi connectivity index (χ0n) is 21.5. The second kappa shape index (κ2) is 10.8. The first-order valence-corrected chi connectivity index (χ1v) is 13.5. The van der Waals surface area contributed by atoms with Crippen LogP contribution in [-0.4, -0.2) is 41.3 Å².